The van der Waals surface area contributed by atoms with Crippen LogP contribution in [0.25, 0.3) is 5.76 Å². The average Bonchev–Trinajstić information content (AvgIpc) is 3.21. The molecule has 6 nitrogen and oxygen atoms in total. The minimum Gasteiger partial charge on any atom is -0.507 e. The first-order chi connectivity index (χ1) is 12.4. The van der Waals surface area contributed by atoms with Crippen molar-refractivity contribution in [2.75, 3.05) is 27.2 Å². The van der Waals surface area contributed by atoms with Gasteiger partial charge in [0.05, 0.1) is 39.0 Å². The van der Waals surface area contributed by atoms with Gasteiger partial charge in [0.1, 0.15) is 17.6 Å². The van der Waals surface area contributed by atoms with Gasteiger partial charge in [-0.2, -0.15) is 0 Å². The highest BCUT2D eigenvalue weighted by Crippen LogP contribution is 2.39. The first-order valence-electron chi connectivity index (χ1n) is 8.58. The number of rotatable bonds is 5. The Morgan fingerprint density at radius 1 is 1.19 bits per heavy atom. The van der Waals surface area contributed by atoms with E-state index in [2.05, 4.69) is 0 Å². The minimum atomic E-state index is -0.717. The van der Waals surface area contributed by atoms with Crippen LogP contribution in [0.15, 0.2) is 52.7 Å². The van der Waals surface area contributed by atoms with Crippen molar-refractivity contribution in [3.05, 3.63) is 65.1 Å². The molecule has 0 unspecified atom stereocenters. The number of carbonyl (C=O) groups excluding carboxylic acids is 2. The van der Waals surface area contributed by atoms with Crippen LogP contribution in [0.4, 0.5) is 0 Å². The van der Waals surface area contributed by atoms with E-state index >= 15 is 0 Å². The number of quaternary nitrogens is 1. The van der Waals surface area contributed by atoms with Crippen LogP contribution in [0.2, 0.25) is 0 Å². The third kappa shape index (κ3) is 3.28. The fraction of sp³-hybridized carbons (Fsp3) is 0.300. The zero-order valence-corrected chi connectivity index (χ0v) is 15.2. The van der Waals surface area contributed by atoms with Gasteiger partial charge in [-0.1, -0.05) is 29.8 Å². The highest BCUT2D eigenvalue weighted by Gasteiger charge is 2.47. The van der Waals surface area contributed by atoms with E-state index in [0.29, 0.717) is 24.4 Å². The number of furan rings is 1. The molecule has 136 valence electrons. The Hall–Kier alpha value is -2.86. The second-order valence-corrected chi connectivity index (χ2v) is 6.83. The number of likely N-dealkylation sites (N-methyl/N-ethyl adjacent to an activating group) is 1. The number of Topliss-reactive ketones (excluding diaryl/α,β-unsaturated/α-hetero) is 1. The van der Waals surface area contributed by atoms with Gasteiger partial charge in [-0.3, -0.25) is 9.59 Å². The third-order valence-corrected chi connectivity index (χ3v) is 4.53. The molecule has 1 atom stereocenters. The number of amides is 1. The van der Waals surface area contributed by atoms with Gasteiger partial charge in [0, 0.05) is 5.56 Å². The maximum Gasteiger partial charge on any atom is 0.295 e. The summed E-state index contributed by atoms with van der Waals surface area (Å²) in [5.74, 6) is -1.00. The number of aryl methyl sites for hydroxylation is 1. The second kappa shape index (κ2) is 7.17. The SMILES string of the molecule is Cc1ccc(C(O)=C2C(=O)C(=O)N(CC[NH+](C)C)[C@H]2c2ccco2)cc1. The normalized spacial score (nSPS) is 19.5. The minimum absolute atomic E-state index is 0.0718. The van der Waals surface area contributed by atoms with Crippen molar-refractivity contribution >= 4 is 17.4 Å². The molecule has 1 amide bonds. The second-order valence-electron chi connectivity index (χ2n) is 6.83. The van der Waals surface area contributed by atoms with Gasteiger partial charge >= 0.3 is 0 Å². The molecule has 0 radical (unpaired) electrons. The number of hydrogen-bond donors (Lipinski definition) is 2. The number of ketones is 1. The fourth-order valence-corrected chi connectivity index (χ4v) is 3.06. The summed E-state index contributed by atoms with van der Waals surface area (Å²) in [6.45, 7) is 3.01. The smallest absolute Gasteiger partial charge is 0.295 e. The summed E-state index contributed by atoms with van der Waals surface area (Å²) >= 11 is 0. The summed E-state index contributed by atoms with van der Waals surface area (Å²) in [5, 5.41) is 10.8. The van der Waals surface area contributed by atoms with E-state index in [4.69, 9.17) is 4.42 Å². The summed E-state index contributed by atoms with van der Waals surface area (Å²) in [5.41, 5.74) is 1.62. The van der Waals surface area contributed by atoms with E-state index in [1.54, 1.807) is 24.3 Å². The monoisotopic (exact) mass is 355 g/mol. The van der Waals surface area contributed by atoms with E-state index in [1.807, 2.05) is 33.2 Å². The van der Waals surface area contributed by atoms with Gasteiger partial charge in [0.25, 0.3) is 11.7 Å². The van der Waals surface area contributed by atoms with E-state index in [0.717, 1.165) is 10.5 Å². The van der Waals surface area contributed by atoms with E-state index < -0.39 is 17.7 Å². The maximum atomic E-state index is 12.7. The Kier molecular flexibility index (Phi) is 4.95. The molecule has 2 N–H and O–H groups in total. The van der Waals surface area contributed by atoms with Crippen molar-refractivity contribution in [3.63, 3.8) is 0 Å². The lowest BCUT2D eigenvalue weighted by Gasteiger charge is -2.23. The zero-order chi connectivity index (χ0) is 18.8. The molecular weight excluding hydrogens is 332 g/mol. The summed E-state index contributed by atoms with van der Waals surface area (Å²) < 4.78 is 5.49. The molecule has 0 aliphatic carbocycles. The molecule has 1 aromatic carbocycles. The molecule has 2 aromatic rings. The Morgan fingerprint density at radius 3 is 2.46 bits per heavy atom. The Morgan fingerprint density at radius 2 is 1.88 bits per heavy atom. The predicted octanol–water partition coefficient (Wildman–Crippen LogP) is 1.15. The predicted molar refractivity (Wildman–Crippen MR) is 96.6 cm³/mol. The summed E-state index contributed by atoms with van der Waals surface area (Å²) in [4.78, 5) is 27.9. The van der Waals surface area contributed by atoms with Crippen LogP contribution in [-0.4, -0.2) is 48.9 Å². The number of likely N-dealkylation sites (tertiary alicyclic amines) is 1. The molecule has 1 aliphatic rings. The highest BCUT2D eigenvalue weighted by atomic mass is 16.3. The van der Waals surface area contributed by atoms with Gasteiger partial charge in [0.15, 0.2) is 0 Å². The molecular formula is C20H23N2O4+. The number of benzene rings is 1. The fourth-order valence-electron chi connectivity index (χ4n) is 3.06. The molecule has 0 spiro atoms. The van der Waals surface area contributed by atoms with E-state index in [9.17, 15) is 14.7 Å². The quantitative estimate of drug-likeness (QED) is 0.479. The average molecular weight is 355 g/mol. The van der Waals surface area contributed by atoms with Gasteiger partial charge in [-0.25, -0.2) is 0 Å². The maximum absolute atomic E-state index is 12.7. The number of aliphatic hydroxyl groups is 1. The van der Waals surface area contributed by atoms with Crippen LogP contribution in [0, 0.1) is 6.92 Å². The van der Waals surface area contributed by atoms with Crippen molar-refractivity contribution in [2.45, 2.75) is 13.0 Å². The standard InChI is InChI=1S/C20H22N2O4/c1-13-6-8-14(9-7-13)18(23)16-17(15-5-4-12-26-15)22(11-10-21(2)3)20(25)19(16)24/h4-9,12,17,23H,10-11H2,1-3H3/p+1/t17-/m0/s1. The van der Waals surface area contributed by atoms with Crippen LogP contribution >= 0.6 is 0 Å². The van der Waals surface area contributed by atoms with Crippen molar-refractivity contribution < 1.29 is 24.0 Å². The van der Waals surface area contributed by atoms with Gasteiger partial charge in [-0.15, -0.1) is 0 Å². The molecule has 0 saturated carbocycles. The summed E-state index contributed by atoms with van der Waals surface area (Å²) in [7, 11) is 3.95. The van der Waals surface area contributed by atoms with Crippen LogP contribution < -0.4 is 4.90 Å². The highest BCUT2D eigenvalue weighted by molar-refractivity contribution is 6.46. The first-order valence-corrected chi connectivity index (χ1v) is 8.58. The van der Waals surface area contributed by atoms with Crippen molar-refractivity contribution in [1.82, 2.24) is 4.90 Å². The lowest BCUT2D eigenvalue weighted by molar-refractivity contribution is -0.857. The molecule has 1 saturated heterocycles. The van der Waals surface area contributed by atoms with Crippen molar-refractivity contribution in [2.24, 2.45) is 0 Å². The third-order valence-electron chi connectivity index (χ3n) is 4.53. The molecule has 6 heteroatoms. The molecule has 1 aromatic heterocycles. The summed E-state index contributed by atoms with van der Waals surface area (Å²) in [6.07, 6.45) is 1.50. The number of nitrogens with zero attached hydrogens (tertiary/aromatic N) is 1. The van der Waals surface area contributed by atoms with Crippen LogP contribution in [0.3, 0.4) is 0 Å². The van der Waals surface area contributed by atoms with Crippen LogP contribution in [0.5, 0.6) is 0 Å². The number of nitrogens with one attached hydrogen (secondary N) is 1. The van der Waals surface area contributed by atoms with Gasteiger partial charge in [-0.05, 0) is 19.1 Å². The lowest BCUT2D eigenvalue weighted by atomic mass is 9.99. The molecule has 3 rings (SSSR count). The van der Waals surface area contributed by atoms with E-state index in [1.165, 1.54) is 11.2 Å². The van der Waals surface area contributed by atoms with E-state index in [-0.39, 0.29) is 11.3 Å². The number of hydrogen-bond acceptors (Lipinski definition) is 4. The Bertz CT molecular complexity index is 835. The molecule has 2 heterocycles. The number of carbonyl (C=O) groups is 2. The lowest BCUT2D eigenvalue weighted by Crippen LogP contribution is -3.06. The largest absolute Gasteiger partial charge is 0.507 e. The Labute approximate surface area is 152 Å². The van der Waals surface area contributed by atoms with Crippen LogP contribution in [0.1, 0.15) is 22.9 Å². The van der Waals surface area contributed by atoms with Gasteiger partial charge < -0.3 is 19.3 Å². The zero-order valence-electron chi connectivity index (χ0n) is 15.2. The molecule has 1 aliphatic heterocycles. The van der Waals surface area contributed by atoms with Gasteiger partial charge in [0.2, 0.25) is 0 Å². The first kappa shape index (κ1) is 17.9. The van der Waals surface area contributed by atoms with Crippen molar-refractivity contribution in [3.8, 4) is 0 Å². The Balaban J connectivity index is 2.09. The number of aliphatic hydroxyl groups excluding tert-OH is 1. The summed E-state index contributed by atoms with van der Waals surface area (Å²) in [6, 6.07) is 9.88. The molecule has 26 heavy (non-hydrogen) atoms. The molecule has 0 bridgehead atoms. The van der Waals surface area contributed by atoms with Crippen LogP contribution in [-0.2, 0) is 9.59 Å². The topological polar surface area (TPSA) is 75.2 Å². The molecule has 1 fully saturated rings. The van der Waals surface area contributed by atoms with Crippen molar-refractivity contribution in [1.29, 1.82) is 0 Å².